The first-order valence-corrected chi connectivity index (χ1v) is 10.1. The summed E-state index contributed by atoms with van der Waals surface area (Å²) in [5, 5.41) is 9.81. The van der Waals surface area contributed by atoms with Crippen molar-refractivity contribution in [3.63, 3.8) is 0 Å². The summed E-state index contributed by atoms with van der Waals surface area (Å²) in [4.78, 5) is 17.5. The fraction of sp³-hybridized carbons (Fsp3) is 0.250. The predicted molar refractivity (Wildman–Crippen MR) is 101 cm³/mol. The van der Waals surface area contributed by atoms with Crippen molar-refractivity contribution >= 4 is 50.7 Å². The van der Waals surface area contributed by atoms with Gasteiger partial charge in [-0.2, -0.15) is 0 Å². The third-order valence-electron chi connectivity index (χ3n) is 3.86. The van der Waals surface area contributed by atoms with Gasteiger partial charge in [0.2, 0.25) is 0 Å². The van der Waals surface area contributed by atoms with Gasteiger partial charge in [0.25, 0.3) is 10.0 Å². The summed E-state index contributed by atoms with van der Waals surface area (Å²) in [6.45, 7) is 1.93. The van der Waals surface area contributed by atoms with E-state index in [1.807, 2.05) is 0 Å². The molecule has 8 nitrogen and oxygen atoms in total. The van der Waals surface area contributed by atoms with Gasteiger partial charge in [-0.05, 0) is 24.3 Å². The molecule has 144 valence electrons. The highest BCUT2D eigenvalue weighted by Gasteiger charge is 2.22. The van der Waals surface area contributed by atoms with Crippen molar-refractivity contribution < 1.29 is 23.1 Å². The average Bonchev–Trinajstić information content (AvgIpc) is 2.64. The number of hydrogen-bond donors (Lipinski definition) is 2. The van der Waals surface area contributed by atoms with Crippen LogP contribution in [0.3, 0.4) is 0 Å². The van der Waals surface area contributed by atoms with Crippen LogP contribution in [0.4, 0.5) is 11.5 Å². The molecule has 27 heavy (non-hydrogen) atoms. The molecule has 2 heterocycles. The molecule has 0 spiro atoms. The van der Waals surface area contributed by atoms with Crippen LogP contribution in [-0.2, 0) is 14.8 Å². The van der Waals surface area contributed by atoms with Crippen LogP contribution in [0.25, 0.3) is 0 Å². The van der Waals surface area contributed by atoms with Crippen LogP contribution in [-0.4, -0.2) is 50.8 Å². The zero-order valence-electron chi connectivity index (χ0n) is 13.9. The SMILES string of the molecule is O=C(O)c1cc(NS(=O)(=O)c2ccc(Cl)c(Cl)c2)cnc1N1CCOCC1. The molecule has 11 heteroatoms. The lowest BCUT2D eigenvalue weighted by molar-refractivity contribution is 0.0696. The Bertz CT molecular complexity index is 978. The predicted octanol–water partition coefficient (Wildman–Crippen LogP) is 2.72. The molecule has 1 aromatic heterocycles. The Balaban J connectivity index is 1.91. The standard InChI is InChI=1S/C16H15Cl2N3O5S/c17-13-2-1-11(8-14(13)18)27(24,25)20-10-7-12(16(22)23)15(19-9-10)21-3-5-26-6-4-21/h1-2,7-9,20H,3-6H2,(H,22,23). The van der Waals surface area contributed by atoms with Crippen molar-refractivity contribution in [2.24, 2.45) is 0 Å². The molecule has 0 atom stereocenters. The molecule has 1 saturated heterocycles. The van der Waals surface area contributed by atoms with Crippen molar-refractivity contribution in [2.45, 2.75) is 4.90 Å². The molecule has 0 unspecified atom stereocenters. The monoisotopic (exact) mass is 431 g/mol. The van der Waals surface area contributed by atoms with Gasteiger partial charge in [-0.15, -0.1) is 0 Å². The molecule has 3 rings (SSSR count). The van der Waals surface area contributed by atoms with E-state index in [4.69, 9.17) is 27.9 Å². The zero-order valence-corrected chi connectivity index (χ0v) is 16.2. The van der Waals surface area contributed by atoms with Gasteiger partial charge in [-0.1, -0.05) is 23.2 Å². The molecule has 2 N–H and O–H groups in total. The first-order chi connectivity index (χ1) is 12.8. The average molecular weight is 432 g/mol. The Morgan fingerprint density at radius 2 is 1.89 bits per heavy atom. The number of carboxylic acids is 1. The Kier molecular flexibility index (Phi) is 5.75. The van der Waals surface area contributed by atoms with Crippen molar-refractivity contribution in [2.75, 3.05) is 35.9 Å². The third-order valence-corrected chi connectivity index (χ3v) is 5.98. The number of carboxylic acid groups (broad SMARTS) is 1. The minimum absolute atomic E-state index is 0.0236. The van der Waals surface area contributed by atoms with Crippen LogP contribution in [0.15, 0.2) is 35.4 Å². The molecule has 1 aliphatic rings. The summed E-state index contributed by atoms with van der Waals surface area (Å²) in [5.74, 6) is -0.942. The van der Waals surface area contributed by atoms with E-state index in [1.165, 1.54) is 30.5 Å². The van der Waals surface area contributed by atoms with Gasteiger partial charge < -0.3 is 14.7 Å². The molecule has 1 fully saturated rings. The molecule has 0 amide bonds. The van der Waals surface area contributed by atoms with E-state index in [-0.39, 0.29) is 32.0 Å². The lowest BCUT2D eigenvalue weighted by Crippen LogP contribution is -2.37. The quantitative estimate of drug-likeness (QED) is 0.748. The number of carbonyl (C=O) groups is 1. The molecule has 0 aliphatic carbocycles. The number of halogens is 2. The highest BCUT2D eigenvalue weighted by atomic mass is 35.5. The summed E-state index contributed by atoms with van der Waals surface area (Å²) in [5.41, 5.74) is -0.0817. The number of hydrogen-bond acceptors (Lipinski definition) is 6. The van der Waals surface area contributed by atoms with Crippen LogP contribution in [0.2, 0.25) is 10.0 Å². The molecule has 1 aromatic carbocycles. The number of benzene rings is 1. The largest absolute Gasteiger partial charge is 0.478 e. The number of pyridine rings is 1. The topological polar surface area (TPSA) is 109 Å². The van der Waals surface area contributed by atoms with Crippen LogP contribution in [0.5, 0.6) is 0 Å². The van der Waals surface area contributed by atoms with Gasteiger partial charge in [0.05, 0.1) is 40.0 Å². The second-order valence-electron chi connectivity index (χ2n) is 5.68. The number of sulfonamides is 1. The molecule has 0 saturated carbocycles. The minimum Gasteiger partial charge on any atom is -0.478 e. The number of rotatable bonds is 5. The van der Waals surface area contributed by atoms with Crippen LogP contribution in [0, 0.1) is 0 Å². The summed E-state index contributed by atoms with van der Waals surface area (Å²) < 4.78 is 32.6. The smallest absolute Gasteiger partial charge is 0.339 e. The van der Waals surface area contributed by atoms with Gasteiger partial charge in [-0.3, -0.25) is 4.72 Å². The van der Waals surface area contributed by atoms with E-state index in [1.54, 1.807) is 4.90 Å². The number of nitrogens with zero attached hydrogens (tertiary/aromatic N) is 2. The number of nitrogens with one attached hydrogen (secondary N) is 1. The van der Waals surface area contributed by atoms with Gasteiger partial charge in [0.15, 0.2) is 0 Å². The fourth-order valence-electron chi connectivity index (χ4n) is 2.56. The Morgan fingerprint density at radius 3 is 2.52 bits per heavy atom. The maximum absolute atomic E-state index is 12.5. The van der Waals surface area contributed by atoms with E-state index in [0.29, 0.717) is 26.3 Å². The highest BCUT2D eigenvalue weighted by molar-refractivity contribution is 7.92. The molecule has 0 radical (unpaired) electrons. The number of anilines is 2. The van der Waals surface area contributed by atoms with Gasteiger partial charge in [0.1, 0.15) is 11.4 Å². The third kappa shape index (κ3) is 4.44. The molecule has 2 aromatic rings. The number of aromatic carboxylic acids is 1. The summed E-state index contributed by atoms with van der Waals surface area (Å²) >= 11 is 11.7. The van der Waals surface area contributed by atoms with Gasteiger partial charge in [0, 0.05) is 13.1 Å². The van der Waals surface area contributed by atoms with E-state index in [2.05, 4.69) is 9.71 Å². The second kappa shape index (κ2) is 7.89. The normalized spacial score (nSPS) is 14.8. The molecule has 1 aliphatic heterocycles. The van der Waals surface area contributed by atoms with E-state index < -0.39 is 16.0 Å². The Hall–Kier alpha value is -2.07. The number of ether oxygens (including phenoxy) is 1. The molecular weight excluding hydrogens is 417 g/mol. The van der Waals surface area contributed by atoms with Crippen molar-refractivity contribution in [1.29, 1.82) is 0 Å². The highest BCUT2D eigenvalue weighted by Crippen LogP contribution is 2.27. The van der Waals surface area contributed by atoms with Crippen LogP contribution >= 0.6 is 23.2 Å². The number of morpholine rings is 1. The Labute approximate surface area is 165 Å². The molecule has 0 bridgehead atoms. The minimum atomic E-state index is -3.99. The van der Waals surface area contributed by atoms with Crippen LogP contribution in [0.1, 0.15) is 10.4 Å². The van der Waals surface area contributed by atoms with Gasteiger partial charge in [-0.25, -0.2) is 18.2 Å². The second-order valence-corrected chi connectivity index (χ2v) is 8.18. The summed E-state index contributed by atoms with van der Waals surface area (Å²) in [7, 11) is -3.99. The van der Waals surface area contributed by atoms with E-state index in [0.717, 1.165) is 0 Å². The first-order valence-electron chi connectivity index (χ1n) is 7.82. The van der Waals surface area contributed by atoms with Crippen LogP contribution < -0.4 is 9.62 Å². The van der Waals surface area contributed by atoms with E-state index in [9.17, 15) is 18.3 Å². The lowest BCUT2D eigenvalue weighted by Gasteiger charge is -2.28. The number of aromatic nitrogens is 1. The van der Waals surface area contributed by atoms with Crippen molar-refractivity contribution in [1.82, 2.24) is 4.98 Å². The zero-order chi connectivity index (χ0) is 19.6. The summed E-state index contributed by atoms with van der Waals surface area (Å²) in [6.07, 6.45) is 1.27. The molecular formula is C16H15Cl2N3O5S. The maximum Gasteiger partial charge on any atom is 0.339 e. The summed E-state index contributed by atoms with van der Waals surface area (Å²) in [6, 6.07) is 5.10. The maximum atomic E-state index is 12.5. The van der Waals surface area contributed by atoms with Crippen molar-refractivity contribution in [3.8, 4) is 0 Å². The van der Waals surface area contributed by atoms with Gasteiger partial charge >= 0.3 is 5.97 Å². The Morgan fingerprint density at radius 1 is 1.19 bits per heavy atom. The van der Waals surface area contributed by atoms with E-state index >= 15 is 0 Å². The van der Waals surface area contributed by atoms with Crippen molar-refractivity contribution in [3.05, 3.63) is 46.1 Å². The first kappa shape index (κ1) is 19.7. The fourth-order valence-corrected chi connectivity index (χ4v) is 3.98. The lowest BCUT2D eigenvalue weighted by atomic mass is 10.2.